The van der Waals surface area contributed by atoms with Crippen molar-refractivity contribution in [1.29, 1.82) is 0 Å². The highest BCUT2D eigenvalue weighted by Gasteiger charge is 2.26. The van der Waals surface area contributed by atoms with Crippen LogP contribution in [0.2, 0.25) is 0 Å². The molecule has 2 aliphatic rings. The van der Waals surface area contributed by atoms with Gasteiger partial charge >= 0.3 is 11.8 Å². The average molecular weight is 745 g/mol. The van der Waals surface area contributed by atoms with Crippen molar-refractivity contribution >= 4 is 55.7 Å². The minimum atomic E-state index is -0.629. The second-order valence-electron chi connectivity index (χ2n) is 12.0. The normalized spacial score (nSPS) is 12.5. The summed E-state index contributed by atoms with van der Waals surface area (Å²) in [5.41, 5.74) is 1.87. The number of para-hydroxylation sites is 2. The number of benzene rings is 4. The van der Waals surface area contributed by atoms with E-state index in [0.717, 1.165) is 9.36 Å². The molecule has 8 aromatic rings. The van der Waals surface area contributed by atoms with Gasteiger partial charge < -0.3 is 24.4 Å². The summed E-state index contributed by atoms with van der Waals surface area (Å²) < 4.78 is 26.8. The van der Waals surface area contributed by atoms with E-state index in [4.69, 9.17) is 18.9 Å². The van der Waals surface area contributed by atoms with Crippen LogP contribution in [0, 0.1) is 0 Å². The first-order chi connectivity index (χ1) is 26.3. The van der Waals surface area contributed by atoms with Gasteiger partial charge in [0, 0.05) is 25.2 Å². The molecule has 0 radical (unpaired) electrons. The minimum absolute atomic E-state index is 0. The van der Waals surface area contributed by atoms with Crippen molar-refractivity contribution < 1.29 is 34.0 Å². The Morgan fingerprint density at radius 2 is 0.964 bits per heavy atom. The van der Waals surface area contributed by atoms with E-state index in [1.165, 1.54) is 0 Å². The van der Waals surface area contributed by atoms with Crippen LogP contribution in [-0.4, -0.2) is 80.4 Å². The van der Waals surface area contributed by atoms with Crippen molar-refractivity contribution in [2.45, 2.75) is 26.9 Å². The van der Waals surface area contributed by atoms with Crippen LogP contribution in [0.5, 0.6) is 23.0 Å². The van der Waals surface area contributed by atoms with Gasteiger partial charge in [-0.15, -0.1) is 10.2 Å². The number of ether oxygens (including phenoxy) is 4. The van der Waals surface area contributed by atoms with Crippen molar-refractivity contribution in [3.05, 3.63) is 105 Å². The average Bonchev–Trinajstić information content (AvgIpc) is 4.03. The third-order valence-electron chi connectivity index (χ3n) is 8.99. The number of aryl methyl sites for hydroxylation is 2. The predicted octanol–water partition coefficient (Wildman–Crippen LogP) is 2.33. The third kappa shape index (κ3) is 5.57. The summed E-state index contributed by atoms with van der Waals surface area (Å²) in [7, 11) is 0. The van der Waals surface area contributed by atoms with Gasteiger partial charge in [-0.2, -0.15) is 19.6 Å². The van der Waals surface area contributed by atoms with E-state index in [9.17, 15) is 19.2 Å². The smallest absolute Gasteiger partial charge is 0.304 e. The number of carbonyl (C=O) groups is 2. The molecule has 0 saturated carbocycles. The van der Waals surface area contributed by atoms with E-state index in [1.807, 2.05) is 13.8 Å². The Morgan fingerprint density at radius 3 is 1.36 bits per heavy atom. The van der Waals surface area contributed by atoms with Gasteiger partial charge in [0.2, 0.25) is 24.4 Å². The van der Waals surface area contributed by atoms with Gasteiger partial charge in [-0.1, -0.05) is 34.7 Å². The Hall–Kier alpha value is -7.54. The molecule has 0 bridgehead atoms. The van der Waals surface area contributed by atoms with Crippen LogP contribution in [0.1, 0.15) is 34.8 Å². The number of hydrogen-bond donors (Lipinski definition) is 0. The molecule has 55 heavy (non-hydrogen) atoms. The van der Waals surface area contributed by atoms with Gasteiger partial charge in [0.05, 0.1) is 32.8 Å². The molecule has 19 heteroatoms. The Bertz CT molecular complexity index is 2780. The second-order valence-corrected chi connectivity index (χ2v) is 12.0. The van der Waals surface area contributed by atoms with E-state index in [1.54, 1.807) is 82.2 Å². The summed E-state index contributed by atoms with van der Waals surface area (Å²) in [5.74, 6) is 0.779. The van der Waals surface area contributed by atoms with Gasteiger partial charge in [-0.3, -0.25) is 28.5 Å². The summed E-state index contributed by atoms with van der Waals surface area (Å²) in [6.45, 7) is 4.87. The van der Waals surface area contributed by atoms with Gasteiger partial charge in [-0.05, 0) is 50.2 Å². The fourth-order valence-electron chi connectivity index (χ4n) is 6.35. The lowest BCUT2D eigenvalue weighted by molar-refractivity contribution is 0.0932. The summed E-state index contributed by atoms with van der Waals surface area (Å²) in [4.78, 5) is 52.1. The number of nitrogens with zero attached hydrogens (tertiary/aromatic N) is 10. The number of fused-ring (bicyclic) bond motifs is 6. The molecule has 276 valence electrons. The molecule has 19 nitrogen and oxygen atoms in total. The van der Waals surface area contributed by atoms with Crippen molar-refractivity contribution in [2.24, 2.45) is 0 Å². The van der Waals surface area contributed by atoms with Gasteiger partial charge in [-0.25, -0.2) is 0 Å². The molecule has 4 aromatic carbocycles. The quantitative estimate of drug-likeness (QED) is 0.252. The zero-order valence-electron chi connectivity index (χ0n) is 29.0. The number of carbonyl (C=O) groups excluding carboxylic acids is 2. The largest absolute Gasteiger partial charge is 0.454 e. The fraction of sp³-hybridized carbons (Fsp3) is 0.167. The Kier molecular flexibility index (Phi) is 8.45. The van der Waals surface area contributed by atoms with Gasteiger partial charge in [0.1, 0.15) is 11.0 Å². The molecular formula is C36H28N10O9. The van der Waals surface area contributed by atoms with Crippen LogP contribution in [0.15, 0.2) is 82.4 Å². The van der Waals surface area contributed by atoms with Gasteiger partial charge in [0.15, 0.2) is 34.4 Å². The number of aromatic nitrogens is 10. The Morgan fingerprint density at radius 1 is 0.582 bits per heavy atom. The van der Waals surface area contributed by atoms with E-state index in [0.29, 0.717) is 80.0 Å². The lowest BCUT2D eigenvalue weighted by atomic mass is 10.1. The molecule has 4 aromatic heterocycles. The van der Waals surface area contributed by atoms with E-state index < -0.39 is 22.7 Å². The summed E-state index contributed by atoms with van der Waals surface area (Å²) in [6, 6.07) is 20.6. The van der Waals surface area contributed by atoms with Crippen LogP contribution in [0.4, 0.5) is 0 Å². The van der Waals surface area contributed by atoms with Crippen LogP contribution in [0.25, 0.3) is 43.9 Å². The molecule has 0 atom stereocenters. The monoisotopic (exact) mass is 744 g/mol. The maximum atomic E-state index is 13.0. The molecule has 2 aliphatic heterocycles. The van der Waals surface area contributed by atoms with Crippen LogP contribution < -0.4 is 29.8 Å². The first-order valence-electron chi connectivity index (χ1n) is 16.7. The second kappa shape index (κ2) is 13.5. The molecule has 2 N–H and O–H groups in total. The van der Waals surface area contributed by atoms with Crippen LogP contribution >= 0.6 is 0 Å². The number of hydrogen-bond acceptors (Lipinski definition) is 14. The summed E-state index contributed by atoms with van der Waals surface area (Å²) in [5, 5.41) is 24.9. The molecule has 0 amide bonds. The summed E-state index contributed by atoms with van der Waals surface area (Å²) >= 11 is 0. The van der Waals surface area contributed by atoms with E-state index in [-0.39, 0.29) is 30.4 Å². The lowest BCUT2D eigenvalue weighted by Gasteiger charge is -2.10. The topological polar surface area (TPSA) is 234 Å². The SMILES string of the molecule is CCn1nc(C(=O)n2nnc3ccccc32)c(=O)c2cc3c(cc21)OCO3.CCn1nc(C(=O)n2nnc3ccccc32)c(=O)c2cc3c(cc21)OCO3.O. The first kappa shape index (κ1) is 34.5. The standard InChI is InChI=1S/2C18H13N5O4.H2O/c2*1-2-22-13-8-15-14(26-9-27-15)7-10(13)17(24)16(20-22)18(25)23-12-6-4-3-5-11(12)19-21-23;/h2*3-8H,2,9H2,1H3;1H2. The van der Waals surface area contributed by atoms with Crippen molar-refractivity contribution in [3.8, 4) is 23.0 Å². The lowest BCUT2D eigenvalue weighted by Crippen LogP contribution is -2.27. The molecule has 0 saturated heterocycles. The Labute approximate surface area is 307 Å². The predicted molar refractivity (Wildman–Crippen MR) is 194 cm³/mol. The first-order valence-corrected chi connectivity index (χ1v) is 16.7. The van der Waals surface area contributed by atoms with Crippen LogP contribution in [-0.2, 0) is 13.1 Å². The maximum Gasteiger partial charge on any atom is 0.304 e. The van der Waals surface area contributed by atoms with Crippen molar-refractivity contribution in [2.75, 3.05) is 13.6 Å². The molecular weight excluding hydrogens is 716 g/mol. The molecule has 0 spiro atoms. The highest BCUT2D eigenvalue weighted by Crippen LogP contribution is 2.36. The third-order valence-corrected chi connectivity index (χ3v) is 8.99. The zero-order valence-corrected chi connectivity index (χ0v) is 29.0. The maximum absolute atomic E-state index is 13.0. The highest BCUT2D eigenvalue weighted by molar-refractivity contribution is 6.02. The fourth-order valence-corrected chi connectivity index (χ4v) is 6.35. The molecule has 6 heterocycles. The van der Waals surface area contributed by atoms with Crippen LogP contribution in [0.3, 0.4) is 0 Å². The highest BCUT2D eigenvalue weighted by atomic mass is 16.7. The summed E-state index contributed by atoms with van der Waals surface area (Å²) in [6.07, 6.45) is 0. The van der Waals surface area contributed by atoms with E-state index >= 15 is 0 Å². The zero-order chi connectivity index (χ0) is 37.1. The molecule has 0 aliphatic carbocycles. The Balaban J connectivity index is 0.000000153. The number of rotatable bonds is 4. The van der Waals surface area contributed by atoms with Crippen molar-refractivity contribution in [1.82, 2.24) is 49.5 Å². The molecule has 10 rings (SSSR count). The van der Waals surface area contributed by atoms with Gasteiger partial charge in [0.25, 0.3) is 0 Å². The molecule has 0 fully saturated rings. The molecule has 0 unspecified atom stereocenters. The van der Waals surface area contributed by atoms with Crippen molar-refractivity contribution in [3.63, 3.8) is 0 Å². The minimum Gasteiger partial charge on any atom is -0.454 e. The van der Waals surface area contributed by atoms with E-state index in [2.05, 4.69) is 30.8 Å².